The minimum Gasteiger partial charge on any atom is -0.354 e. The monoisotopic (exact) mass is 417 g/mol. The molecule has 6 nitrogen and oxygen atoms in total. The molecule has 1 aliphatic heterocycles. The normalized spacial score (nSPS) is 15.1. The quantitative estimate of drug-likeness (QED) is 0.809. The van der Waals surface area contributed by atoms with Crippen LogP contribution in [0.5, 0.6) is 0 Å². The predicted molar refractivity (Wildman–Crippen MR) is 108 cm³/mol. The number of benzene rings is 1. The van der Waals surface area contributed by atoms with Gasteiger partial charge in [-0.3, -0.25) is 9.69 Å². The van der Waals surface area contributed by atoms with Crippen LogP contribution in [-0.4, -0.2) is 53.5 Å². The lowest BCUT2D eigenvalue weighted by Crippen LogP contribution is -2.49. The third-order valence-electron chi connectivity index (χ3n) is 4.66. The molecule has 26 heavy (non-hydrogen) atoms. The summed E-state index contributed by atoms with van der Waals surface area (Å²) in [5.41, 5.74) is 3.09. The van der Waals surface area contributed by atoms with Crippen LogP contribution in [-0.2, 0) is 11.2 Å². The van der Waals surface area contributed by atoms with Gasteiger partial charge in [-0.05, 0) is 37.6 Å². The molecule has 7 heteroatoms. The van der Waals surface area contributed by atoms with Gasteiger partial charge in [0.05, 0.1) is 6.54 Å². The summed E-state index contributed by atoms with van der Waals surface area (Å²) in [6.07, 6.45) is 2.57. The molecule has 138 valence electrons. The molecule has 1 saturated heterocycles. The van der Waals surface area contributed by atoms with Crippen molar-refractivity contribution in [3.8, 4) is 0 Å². The van der Waals surface area contributed by atoms with Crippen molar-refractivity contribution in [2.75, 3.05) is 42.9 Å². The van der Waals surface area contributed by atoms with Gasteiger partial charge in [0.15, 0.2) is 0 Å². The third kappa shape index (κ3) is 4.59. The fourth-order valence-electron chi connectivity index (χ4n) is 3.23. The Hall–Kier alpha value is -1.99. The number of nitrogens with zero attached hydrogens (tertiary/aromatic N) is 4. The standard InChI is InChI=1S/C19H24BrN5O/c1-3-17-14(2)21-13-22-19(17)25-10-8-24(9-11-25)12-18(26)23-16-6-4-15(20)5-7-16/h4-7,13H,3,8-12H2,1-2H3,(H,23,26). The molecule has 1 N–H and O–H groups in total. The van der Waals surface area contributed by atoms with Gasteiger partial charge in [-0.15, -0.1) is 0 Å². The fraction of sp³-hybridized carbons (Fsp3) is 0.421. The van der Waals surface area contributed by atoms with E-state index in [4.69, 9.17) is 0 Å². The SMILES string of the molecule is CCc1c(C)ncnc1N1CCN(CC(=O)Nc2ccc(Br)cc2)CC1. The molecule has 2 aromatic rings. The highest BCUT2D eigenvalue weighted by atomic mass is 79.9. The number of aryl methyl sites for hydroxylation is 1. The van der Waals surface area contributed by atoms with Gasteiger partial charge in [0.2, 0.25) is 5.91 Å². The fourth-order valence-corrected chi connectivity index (χ4v) is 3.49. The zero-order valence-electron chi connectivity index (χ0n) is 15.2. The first-order valence-corrected chi connectivity index (χ1v) is 9.69. The van der Waals surface area contributed by atoms with Gasteiger partial charge < -0.3 is 10.2 Å². The van der Waals surface area contributed by atoms with Crippen LogP contribution in [0.1, 0.15) is 18.2 Å². The largest absolute Gasteiger partial charge is 0.354 e. The van der Waals surface area contributed by atoms with Gasteiger partial charge in [0, 0.05) is 47.6 Å². The lowest BCUT2D eigenvalue weighted by Gasteiger charge is -2.35. The molecule has 1 aromatic heterocycles. The second kappa shape index (κ2) is 8.60. The van der Waals surface area contributed by atoms with E-state index in [2.05, 4.69) is 47.9 Å². The third-order valence-corrected chi connectivity index (χ3v) is 5.19. The summed E-state index contributed by atoms with van der Waals surface area (Å²) in [7, 11) is 0. The van der Waals surface area contributed by atoms with E-state index >= 15 is 0 Å². The van der Waals surface area contributed by atoms with E-state index in [0.717, 1.165) is 54.3 Å². The Kier molecular flexibility index (Phi) is 6.21. The molecule has 1 fully saturated rings. The molecule has 0 unspecified atom stereocenters. The number of rotatable bonds is 5. The van der Waals surface area contributed by atoms with Crippen molar-refractivity contribution < 1.29 is 4.79 Å². The van der Waals surface area contributed by atoms with Crippen LogP contribution >= 0.6 is 15.9 Å². The molecule has 1 amide bonds. The van der Waals surface area contributed by atoms with Crippen LogP contribution in [0.25, 0.3) is 0 Å². The van der Waals surface area contributed by atoms with Crippen molar-refractivity contribution in [3.63, 3.8) is 0 Å². The maximum atomic E-state index is 12.3. The number of aromatic nitrogens is 2. The number of carbonyl (C=O) groups is 1. The number of hydrogen-bond donors (Lipinski definition) is 1. The number of hydrogen-bond acceptors (Lipinski definition) is 5. The van der Waals surface area contributed by atoms with E-state index in [1.807, 2.05) is 31.2 Å². The first-order chi connectivity index (χ1) is 12.6. The predicted octanol–water partition coefficient (Wildman–Crippen LogP) is 2.87. The first kappa shape index (κ1) is 18.8. The van der Waals surface area contributed by atoms with Crippen molar-refractivity contribution in [2.24, 2.45) is 0 Å². The summed E-state index contributed by atoms with van der Waals surface area (Å²) in [5, 5.41) is 2.95. The minimum absolute atomic E-state index is 0.0212. The Morgan fingerprint density at radius 2 is 1.85 bits per heavy atom. The molecule has 1 aliphatic rings. The van der Waals surface area contributed by atoms with Crippen molar-refractivity contribution >= 4 is 33.3 Å². The highest BCUT2D eigenvalue weighted by molar-refractivity contribution is 9.10. The smallest absolute Gasteiger partial charge is 0.238 e. The maximum Gasteiger partial charge on any atom is 0.238 e. The lowest BCUT2D eigenvalue weighted by molar-refractivity contribution is -0.117. The zero-order valence-corrected chi connectivity index (χ0v) is 16.8. The van der Waals surface area contributed by atoms with Gasteiger partial charge in [0.1, 0.15) is 12.1 Å². The van der Waals surface area contributed by atoms with E-state index in [9.17, 15) is 4.79 Å². The van der Waals surface area contributed by atoms with Crippen molar-refractivity contribution in [1.82, 2.24) is 14.9 Å². The van der Waals surface area contributed by atoms with Crippen LogP contribution in [0.3, 0.4) is 0 Å². The summed E-state index contributed by atoms with van der Waals surface area (Å²) < 4.78 is 0.998. The Morgan fingerprint density at radius 3 is 2.50 bits per heavy atom. The van der Waals surface area contributed by atoms with E-state index in [1.165, 1.54) is 5.56 Å². The van der Waals surface area contributed by atoms with Crippen molar-refractivity contribution in [1.29, 1.82) is 0 Å². The number of halogens is 1. The van der Waals surface area contributed by atoms with Gasteiger partial charge >= 0.3 is 0 Å². The molecule has 0 spiro atoms. The number of nitrogens with one attached hydrogen (secondary N) is 1. The van der Waals surface area contributed by atoms with Crippen LogP contribution < -0.4 is 10.2 Å². The van der Waals surface area contributed by atoms with Crippen LogP contribution in [0, 0.1) is 6.92 Å². The van der Waals surface area contributed by atoms with E-state index < -0.39 is 0 Å². The molecule has 1 aromatic carbocycles. The number of piperazine rings is 1. The summed E-state index contributed by atoms with van der Waals surface area (Å²) in [4.78, 5) is 25.5. The van der Waals surface area contributed by atoms with Gasteiger partial charge in [0.25, 0.3) is 0 Å². The number of carbonyl (C=O) groups excluding carboxylic acids is 1. The molecule has 2 heterocycles. The summed E-state index contributed by atoms with van der Waals surface area (Å²) in [6, 6.07) is 7.63. The highest BCUT2D eigenvalue weighted by Crippen LogP contribution is 2.21. The molecular weight excluding hydrogens is 394 g/mol. The highest BCUT2D eigenvalue weighted by Gasteiger charge is 2.22. The molecule has 0 atom stereocenters. The second-order valence-electron chi connectivity index (χ2n) is 6.43. The van der Waals surface area contributed by atoms with Gasteiger partial charge in [-0.25, -0.2) is 9.97 Å². The van der Waals surface area contributed by atoms with E-state index in [1.54, 1.807) is 6.33 Å². The molecule has 0 saturated carbocycles. The molecular formula is C19H24BrN5O. The van der Waals surface area contributed by atoms with Crippen LogP contribution in [0.15, 0.2) is 35.1 Å². The topological polar surface area (TPSA) is 61.4 Å². The van der Waals surface area contributed by atoms with Crippen molar-refractivity contribution in [2.45, 2.75) is 20.3 Å². The Labute approximate surface area is 162 Å². The van der Waals surface area contributed by atoms with Gasteiger partial charge in [-0.1, -0.05) is 22.9 Å². The molecule has 0 radical (unpaired) electrons. The summed E-state index contributed by atoms with van der Waals surface area (Å²) >= 11 is 3.40. The van der Waals surface area contributed by atoms with Gasteiger partial charge in [-0.2, -0.15) is 0 Å². The minimum atomic E-state index is 0.0212. The van der Waals surface area contributed by atoms with Crippen molar-refractivity contribution in [3.05, 3.63) is 46.3 Å². The molecule has 0 bridgehead atoms. The Morgan fingerprint density at radius 1 is 1.15 bits per heavy atom. The summed E-state index contributed by atoms with van der Waals surface area (Å²) in [6.45, 7) is 8.02. The van der Waals surface area contributed by atoms with Crippen LogP contribution in [0.4, 0.5) is 11.5 Å². The lowest BCUT2D eigenvalue weighted by atomic mass is 10.1. The Balaban J connectivity index is 1.53. The first-order valence-electron chi connectivity index (χ1n) is 8.90. The average molecular weight is 418 g/mol. The second-order valence-corrected chi connectivity index (χ2v) is 7.35. The van der Waals surface area contributed by atoms with E-state index in [-0.39, 0.29) is 5.91 Å². The average Bonchev–Trinajstić information content (AvgIpc) is 2.64. The van der Waals surface area contributed by atoms with E-state index in [0.29, 0.717) is 6.54 Å². The molecule has 3 rings (SSSR count). The molecule has 0 aliphatic carbocycles. The Bertz CT molecular complexity index is 757. The summed E-state index contributed by atoms with van der Waals surface area (Å²) in [5.74, 6) is 1.06. The van der Waals surface area contributed by atoms with Crippen LogP contribution in [0.2, 0.25) is 0 Å². The number of anilines is 2. The number of amides is 1. The maximum absolute atomic E-state index is 12.3. The zero-order chi connectivity index (χ0) is 18.5.